The zero-order valence-corrected chi connectivity index (χ0v) is 14.3. The van der Waals surface area contributed by atoms with Gasteiger partial charge in [-0.15, -0.1) is 11.3 Å². The number of nitrogens with zero attached hydrogens (tertiary/aromatic N) is 1. The summed E-state index contributed by atoms with van der Waals surface area (Å²) in [6.45, 7) is 0. The number of alkyl halides is 3. The number of sulfonamides is 1. The maximum Gasteiger partial charge on any atom is 0.516 e. The summed E-state index contributed by atoms with van der Waals surface area (Å²) < 4.78 is 67.7. The number of nitrogens with one attached hydrogen (secondary N) is 1. The number of esters is 1. The Labute approximate surface area is 149 Å². The number of anilines is 1. The van der Waals surface area contributed by atoms with E-state index in [0.717, 1.165) is 11.3 Å². The molecule has 1 aromatic carbocycles. The maximum atomic E-state index is 12.7. The highest BCUT2D eigenvalue weighted by Crippen LogP contribution is 2.37. The SMILES string of the molecule is O=C(Oc1ccccc1)c1sc2ncccc2c1NS(=O)(=O)C(F)(F)F. The molecule has 6 nitrogen and oxygen atoms in total. The molecule has 0 amide bonds. The second-order valence-electron chi connectivity index (χ2n) is 4.92. The molecule has 0 saturated carbocycles. The number of thiophene rings is 1. The summed E-state index contributed by atoms with van der Waals surface area (Å²) in [5, 5.41) is 0.0605. The van der Waals surface area contributed by atoms with Gasteiger partial charge in [-0.2, -0.15) is 21.6 Å². The average molecular weight is 402 g/mol. The van der Waals surface area contributed by atoms with E-state index in [1.54, 1.807) is 18.2 Å². The summed E-state index contributed by atoms with van der Waals surface area (Å²) in [4.78, 5) is 16.2. The molecule has 3 aromatic rings. The molecule has 11 heteroatoms. The van der Waals surface area contributed by atoms with Gasteiger partial charge in [-0.3, -0.25) is 4.72 Å². The van der Waals surface area contributed by atoms with Gasteiger partial charge in [-0.05, 0) is 24.3 Å². The molecule has 0 aliphatic rings. The lowest BCUT2D eigenvalue weighted by atomic mass is 10.2. The van der Waals surface area contributed by atoms with E-state index in [1.807, 2.05) is 0 Å². The standard InChI is InChI=1S/C15H9F3N2O4S2/c16-15(17,18)26(22,23)20-11-10-7-4-8-19-13(10)25-12(11)14(21)24-9-5-2-1-3-6-9/h1-8,20H. The molecule has 0 atom stereocenters. The van der Waals surface area contributed by atoms with Crippen molar-refractivity contribution >= 4 is 43.2 Å². The molecule has 136 valence electrons. The number of benzene rings is 1. The number of fused-ring (bicyclic) bond motifs is 1. The van der Waals surface area contributed by atoms with Crippen molar-refractivity contribution in [2.75, 3.05) is 4.72 Å². The Balaban J connectivity index is 2.06. The minimum atomic E-state index is -5.72. The molecule has 1 N–H and O–H groups in total. The highest BCUT2D eigenvalue weighted by atomic mass is 32.2. The van der Waals surface area contributed by atoms with Gasteiger partial charge in [0.05, 0.1) is 5.69 Å². The van der Waals surface area contributed by atoms with Crippen LogP contribution in [0.2, 0.25) is 0 Å². The van der Waals surface area contributed by atoms with E-state index in [9.17, 15) is 26.4 Å². The Morgan fingerprint density at radius 3 is 2.46 bits per heavy atom. The van der Waals surface area contributed by atoms with Crippen molar-refractivity contribution in [2.45, 2.75) is 5.51 Å². The molecule has 3 rings (SSSR count). The number of pyridine rings is 1. The van der Waals surface area contributed by atoms with Crippen molar-refractivity contribution in [3.8, 4) is 5.75 Å². The van der Waals surface area contributed by atoms with E-state index in [4.69, 9.17) is 4.74 Å². The lowest BCUT2D eigenvalue weighted by molar-refractivity contribution is -0.0429. The van der Waals surface area contributed by atoms with Crippen molar-refractivity contribution in [2.24, 2.45) is 0 Å². The molecule has 26 heavy (non-hydrogen) atoms. The van der Waals surface area contributed by atoms with E-state index in [1.165, 1.54) is 35.2 Å². The van der Waals surface area contributed by atoms with Crippen molar-refractivity contribution < 1.29 is 31.1 Å². The summed E-state index contributed by atoms with van der Waals surface area (Å²) in [5.74, 6) is -0.841. The summed E-state index contributed by atoms with van der Waals surface area (Å²) in [6.07, 6.45) is 1.37. The van der Waals surface area contributed by atoms with Crippen LogP contribution in [0.15, 0.2) is 48.7 Å². The van der Waals surface area contributed by atoms with Gasteiger partial charge >= 0.3 is 21.5 Å². The van der Waals surface area contributed by atoms with Crippen molar-refractivity contribution in [1.82, 2.24) is 4.98 Å². The lowest BCUT2D eigenvalue weighted by Crippen LogP contribution is -2.30. The Bertz CT molecular complexity index is 1060. The highest BCUT2D eigenvalue weighted by molar-refractivity contribution is 7.93. The molecule has 0 spiro atoms. The summed E-state index contributed by atoms with van der Waals surface area (Å²) in [5.41, 5.74) is -6.05. The number of carbonyl (C=O) groups is 1. The van der Waals surface area contributed by atoms with Crippen LogP contribution in [-0.4, -0.2) is 24.9 Å². The maximum absolute atomic E-state index is 12.7. The molecule has 0 unspecified atom stereocenters. The number of halogens is 3. The van der Waals surface area contributed by atoms with Crippen LogP contribution in [0.5, 0.6) is 5.75 Å². The third kappa shape index (κ3) is 3.48. The van der Waals surface area contributed by atoms with Crippen LogP contribution in [-0.2, 0) is 10.0 Å². The predicted molar refractivity (Wildman–Crippen MR) is 89.6 cm³/mol. The number of hydrogen-bond acceptors (Lipinski definition) is 6. The lowest BCUT2D eigenvalue weighted by Gasteiger charge is -2.11. The normalized spacial score (nSPS) is 12.1. The zero-order chi connectivity index (χ0) is 18.9. The fourth-order valence-corrected chi connectivity index (χ4v) is 3.65. The molecule has 0 radical (unpaired) electrons. The first kappa shape index (κ1) is 18.1. The van der Waals surface area contributed by atoms with Crippen molar-refractivity contribution in [3.63, 3.8) is 0 Å². The third-order valence-electron chi connectivity index (χ3n) is 3.15. The van der Waals surface area contributed by atoms with Gasteiger partial charge in [0.1, 0.15) is 15.5 Å². The number of rotatable bonds is 4. The van der Waals surface area contributed by atoms with Crippen LogP contribution >= 0.6 is 11.3 Å². The van der Waals surface area contributed by atoms with Crippen molar-refractivity contribution in [3.05, 3.63) is 53.5 Å². The minimum Gasteiger partial charge on any atom is -0.422 e. The fourth-order valence-electron chi connectivity index (χ4n) is 2.01. The highest BCUT2D eigenvalue weighted by Gasteiger charge is 2.47. The van der Waals surface area contributed by atoms with Gasteiger partial charge in [0.15, 0.2) is 0 Å². The van der Waals surface area contributed by atoms with E-state index in [2.05, 4.69) is 4.98 Å². The van der Waals surface area contributed by atoms with Gasteiger partial charge in [0, 0.05) is 11.6 Å². The third-order valence-corrected chi connectivity index (χ3v) is 5.32. The number of hydrogen-bond donors (Lipinski definition) is 1. The van der Waals surface area contributed by atoms with Crippen LogP contribution in [0.25, 0.3) is 10.2 Å². The minimum absolute atomic E-state index is 0.0605. The largest absolute Gasteiger partial charge is 0.516 e. The van der Waals surface area contributed by atoms with Gasteiger partial charge < -0.3 is 4.74 Å². The molecule has 0 aliphatic heterocycles. The Morgan fingerprint density at radius 1 is 1.12 bits per heavy atom. The first-order chi connectivity index (χ1) is 12.2. The Kier molecular flexibility index (Phi) is 4.59. The van der Waals surface area contributed by atoms with Crippen LogP contribution in [0.3, 0.4) is 0 Å². The van der Waals surface area contributed by atoms with Gasteiger partial charge in [-0.1, -0.05) is 18.2 Å². The second kappa shape index (κ2) is 6.57. The van der Waals surface area contributed by atoms with Gasteiger partial charge in [-0.25, -0.2) is 9.78 Å². The quantitative estimate of drug-likeness (QED) is 0.530. The van der Waals surface area contributed by atoms with Gasteiger partial charge in [0.25, 0.3) is 0 Å². The van der Waals surface area contributed by atoms with E-state index in [-0.39, 0.29) is 20.8 Å². The number of para-hydroxylation sites is 1. The monoisotopic (exact) mass is 402 g/mol. The topological polar surface area (TPSA) is 85.4 Å². The molecule has 2 aromatic heterocycles. The summed E-state index contributed by atoms with van der Waals surface area (Å²) in [7, 11) is -5.72. The van der Waals surface area contributed by atoms with E-state index < -0.39 is 27.2 Å². The van der Waals surface area contributed by atoms with Crippen LogP contribution in [0, 0.1) is 0 Å². The van der Waals surface area contributed by atoms with E-state index >= 15 is 0 Å². The zero-order valence-electron chi connectivity index (χ0n) is 12.6. The molecular formula is C15H9F3N2O4S2. The predicted octanol–water partition coefficient (Wildman–Crippen LogP) is 3.78. The molecule has 2 heterocycles. The Morgan fingerprint density at radius 2 is 1.81 bits per heavy atom. The molecular weight excluding hydrogens is 393 g/mol. The van der Waals surface area contributed by atoms with Crippen LogP contribution in [0.4, 0.5) is 18.9 Å². The molecule has 0 bridgehead atoms. The number of ether oxygens (including phenoxy) is 1. The second-order valence-corrected chi connectivity index (χ2v) is 7.59. The summed E-state index contributed by atoms with van der Waals surface area (Å²) in [6, 6.07) is 10.6. The molecule has 0 saturated heterocycles. The van der Waals surface area contributed by atoms with Gasteiger partial charge in [0.2, 0.25) is 0 Å². The van der Waals surface area contributed by atoms with Crippen molar-refractivity contribution in [1.29, 1.82) is 0 Å². The molecule has 0 fully saturated rings. The van der Waals surface area contributed by atoms with Crippen LogP contribution in [0.1, 0.15) is 9.67 Å². The molecule has 0 aliphatic carbocycles. The van der Waals surface area contributed by atoms with E-state index in [0.29, 0.717) is 0 Å². The summed E-state index contributed by atoms with van der Waals surface area (Å²) >= 11 is 0.723. The Hall–Kier alpha value is -2.66. The number of carbonyl (C=O) groups excluding carboxylic acids is 1. The fraction of sp³-hybridized carbons (Fsp3) is 0.0667. The smallest absolute Gasteiger partial charge is 0.422 e. The van der Waals surface area contributed by atoms with Crippen LogP contribution < -0.4 is 9.46 Å². The first-order valence-corrected chi connectivity index (χ1v) is 9.23. The average Bonchev–Trinajstić information content (AvgIpc) is 2.93. The number of aromatic nitrogens is 1. The first-order valence-electron chi connectivity index (χ1n) is 6.93.